The number of carbonyl (C=O) groups is 3. The van der Waals surface area contributed by atoms with Crippen LogP contribution >= 0.6 is 0 Å². The Hall–Kier alpha value is -2.18. The van der Waals surface area contributed by atoms with Crippen molar-refractivity contribution in [3.63, 3.8) is 0 Å². The zero-order valence-corrected chi connectivity index (χ0v) is 15.5. The zero-order valence-electron chi connectivity index (χ0n) is 15.5. The van der Waals surface area contributed by atoms with Crippen molar-refractivity contribution in [2.75, 3.05) is 34.4 Å². The molecule has 0 saturated carbocycles. The fourth-order valence-corrected chi connectivity index (χ4v) is 2.11. The van der Waals surface area contributed by atoms with Gasteiger partial charge < -0.3 is 23.7 Å². The molecule has 2 unspecified atom stereocenters. The predicted molar refractivity (Wildman–Crippen MR) is 88.2 cm³/mol. The molecule has 0 aliphatic heterocycles. The Bertz CT molecular complexity index is 474. The lowest BCUT2D eigenvalue weighted by atomic mass is 9.92. The highest BCUT2D eigenvalue weighted by atomic mass is 16.7. The summed E-state index contributed by atoms with van der Waals surface area (Å²) in [6.45, 7) is 1.09. The lowest BCUT2D eigenvalue weighted by molar-refractivity contribution is -0.163. The molecule has 0 radical (unpaired) electrons. The number of hydrogen-bond acceptors (Lipinski definition) is 9. The van der Waals surface area contributed by atoms with Gasteiger partial charge in [0.2, 0.25) is 0 Å². The average molecular weight is 373 g/mol. The van der Waals surface area contributed by atoms with Gasteiger partial charge in [-0.15, -0.1) is 0 Å². The van der Waals surface area contributed by atoms with Crippen LogP contribution in [-0.2, 0) is 38.1 Å². The lowest BCUT2D eigenvalue weighted by Gasteiger charge is -2.17. The van der Waals surface area contributed by atoms with Crippen LogP contribution in [0.3, 0.4) is 0 Å². The molecule has 148 valence electrons. The van der Waals surface area contributed by atoms with E-state index >= 15 is 0 Å². The molecule has 0 aromatic rings. The van der Waals surface area contributed by atoms with Crippen molar-refractivity contribution in [3.05, 3.63) is 0 Å². The van der Waals surface area contributed by atoms with Gasteiger partial charge in [0.25, 0.3) is 0 Å². The summed E-state index contributed by atoms with van der Waals surface area (Å²) in [4.78, 5) is 35.1. The van der Waals surface area contributed by atoms with E-state index in [0.717, 1.165) is 0 Å². The highest BCUT2D eigenvalue weighted by Gasteiger charge is 2.23. The van der Waals surface area contributed by atoms with E-state index in [2.05, 4.69) is 4.74 Å². The fraction of sp³-hybridized carbons (Fsp3) is 0.765. The maximum Gasteiger partial charge on any atom is 0.311 e. The summed E-state index contributed by atoms with van der Waals surface area (Å²) < 4.78 is 23.9. The van der Waals surface area contributed by atoms with Crippen molar-refractivity contribution in [3.8, 4) is 6.07 Å². The van der Waals surface area contributed by atoms with E-state index in [0.29, 0.717) is 25.7 Å². The number of nitriles is 1. The molecule has 0 rings (SSSR count). The van der Waals surface area contributed by atoms with Gasteiger partial charge in [-0.3, -0.25) is 14.4 Å². The molecular weight excluding hydrogens is 346 g/mol. The third kappa shape index (κ3) is 11.4. The van der Waals surface area contributed by atoms with Crippen molar-refractivity contribution in [1.29, 1.82) is 5.26 Å². The average Bonchev–Trinajstić information content (AvgIpc) is 2.65. The minimum atomic E-state index is -0.471. The van der Waals surface area contributed by atoms with Crippen molar-refractivity contribution in [2.24, 2.45) is 11.8 Å². The third-order valence-corrected chi connectivity index (χ3v) is 3.62. The molecular formula is C17H27NO8. The normalized spacial score (nSPS) is 12.5. The Morgan fingerprint density at radius 1 is 1.00 bits per heavy atom. The van der Waals surface area contributed by atoms with Crippen LogP contribution in [0.4, 0.5) is 0 Å². The summed E-state index contributed by atoms with van der Waals surface area (Å²) >= 11 is 0. The van der Waals surface area contributed by atoms with Gasteiger partial charge in [0, 0.05) is 13.5 Å². The van der Waals surface area contributed by atoms with E-state index < -0.39 is 23.8 Å². The van der Waals surface area contributed by atoms with E-state index in [9.17, 15) is 14.4 Å². The smallest absolute Gasteiger partial charge is 0.311 e. The van der Waals surface area contributed by atoms with Crippen molar-refractivity contribution >= 4 is 17.9 Å². The number of esters is 3. The topological polar surface area (TPSA) is 121 Å². The number of rotatable bonds is 14. The van der Waals surface area contributed by atoms with Crippen LogP contribution in [0.1, 0.15) is 39.0 Å². The van der Waals surface area contributed by atoms with Crippen LogP contribution in [0, 0.1) is 23.2 Å². The Balaban J connectivity index is 4.41. The van der Waals surface area contributed by atoms with Crippen LogP contribution in [0.5, 0.6) is 0 Å². The van der Waals surface area contributed by atoms with E-state index in [-0.39, 0.29) is 32.6 Å². The molecule has 0 N–H and O–H groups in total. The molecule has 0 aliphatic carbocycles. The molecule has 9 nitrogen and oxygen atoms in total. The maximum atomic E-state index is 12.1. The summed E-state index contributed by atoms with van der Waals surface area (Å²) in [6, 6.07) is 1.76. The van der Waals surface area contributed by atoms with Gasteiger partial charge >= 0.3 is 17.9 Å². The minimum Gasteiger partial charge on any atom is -0.469 e. The molecule has 0 amide bonds. The van der Waals surface area contributed by atoms with Gasteiger partial charge in [-0.2, -0.15) is 5.26 Å². The van der Waals surface area contributed by atoms with E-state index in [1.807, 2.05) is 0 Å². The molecule has 0 fully saturated rings. The van der Waals surface area contributed by atoms with Crippen LogP contribution in [0.15, 0.2) is 0 Å². The first-order chi connectivity index (χ1) is 12.5. The number of carbonyl (C=O) groups excluding carboxylic acids is 3. The van der Waals surface area contributed by atoms with Gasteiger partial charge in [-0.05, 0) is 25.7 Å². The van der Waals surface area contributed by atoms with Crippen molar-refractivity contribution in [1.82, 2.24) is 0 Å². The number of hydrogen-bond donors (Lipinski definition) is 0. The summed E-state index contributed by atoms with van der Waals surface area (Å²) in [5.74, 6) is -2.15. The second-order valence-electron chi connectivity index (χ2n) is 5.60. The Morgan fingerprint density at radius 3 is 2.31 bits per heavy atom. The molecule has 0 aromatic carbocycles. The van der Waals surface area contributed by atoms with Gasteiger partial charge in [0.05, 0.1) is 25.0 Å². The largest absolute Gasteiger partial charge is 0.469 e. The molecule has 0 aliphatic rings. The van der Waals surface area contributed by atoms with Crippen LogP contribution in [0.25, 0.3) is 0 Å². The standard InChI is InChI=1S/C17H27NO8/c1-13(16(20)26-12-24-10-9-18)7-8-14(17(21)25-11-22-2)5-4-6-15(19)23-3/h13-14H,4-8,10-12H2,1-3H3. The molecule has 0 saturated heterocycles. The molecule has 9 heteroatoms. The Labute approximate surface area is 153 Å². The maximum absolute atomic E-state index is 12.1. The van der Waals surface area contributed by atoms with Gasteiger partial charge in [0.15, 0.2) is 13.6 Å². The minimum absolute atomic E-state index is 0.153. The van der Waals surface area contributed by atoms with Crippen LogP contribution in [-0.4, -0.2) is 52.3 Å². The summed E-state index contributed by atoms with van der Waals surface area (Å²) in [5.41, 5.74) is 0. The number of methoxy groups -OCH3 is 2. The number of nitrogens with zero attached hydrogens (tertiary/aromatic N) is 1. The molecule has 0 bridgehead atoms. The molecule has 2 atom stereocenters. The third-order valence-electron chi connectivity index (χ3n) is 3.62. The lowest BCUT2D eigenvalue weighted by Crippen LogP contribution is -2.22. The van der Waals surface area contributed by atoms with Gasteiger partial charge in [-0.25, -0.2) is 0 Å². The summed E-state index contributed by atoms with van der Waals surface area (Å²) in [5, 5.41) is 8.32. The first kappa shape index (κ1) is 23.8. The second-order valence-corrected chi connectivity index (χ2v) is 5.60. The molecule has 0 aromatic heterocycles. The summed E-state index contributed by atoms with van der Waals surface area (Å²) in [6.07, 6.45) is 1.92. The van der Waals surface area contributed by atoms with Crippen molar-refractivity contribution in [2.45, 2.75) is 39.0 Å². The van der Waals surface area contributed by atoms with E-state index in [1.54, 1.807) is 13.0 Å². The highest BCUT2D eigenvalue weighted by Crippen LogP contribution is 2.21. The number of ether oxygens (including phenoxy) is 5. The molecule has 0 spiro atoms. The van der Waals surface area contributed by atoms with Crippen molar-refractivity contribution < 1.29 is 38.1 Å². The predicted octanol–water partition coefficient (Wildman–Crippen LogP) is 1.55. The zero-order chi connectivity index (χ0) is 19.8. The summed E-state index contributed by atoms with van der Waals surface area (Å²) in [7, 11) is 2.71. The SMILES string of the molecule is COCOC(=O)C(CCCC(=O)OC)CCC(C)C(=O)OCOCC#N. The first-order valence-corrected chi connectivity index (χ1v) is 8.29. The van der Waals surface area contributed by atoms with Crippen LogP contribution < -0.4 is 0 Å². The fourth-order valence-electron chi connectivity index (χ4n) is 2.11. The Morgan fingerprint density at radius 2 is 1.69 bits per heavy atom. The van der Waals surface area contributed by atoms with Crippen LogP contribution in [0.2, 0.25) is 0 Å². The monoisotopic (exact) mass is 373 g/mol. The van der Waals surface area contributed by atoms with Gasteiger partial charge in [-0.1, -0.05) is 6.92 Å². The highest BCUT2D eigenvalue weighted by molar-refractivity contribution is 5.74. The second kappa shape index (κ2) is 15.1. The Kier molecular flexibility index (Phi) is 13.8. The van der Waals surface area contributed by atoms with E-state index in [4.69, 9.17) is 24.2 Å². The molecule has 0 heterocycles. The first-order valence-electron chi connectivity index (χ1n) is 8.29. The quantitative estimate of drug-likeness (QED) is 0.193. The molecule has 26 heavy (non-hydrogen) atoms. The van der Waals surface area contributed by atoms with Gasteiger partial charge in [0.1, 0.15) is 6.61 Å². The van der Waals surface area contributed by atoms with E-state index in [1.165, 1.54) is 14.2 Å².